The number of hydrogen-bond donors (Lipinski definition) is 2. The predicted octanol–water partition coefficient (Wildman–Crippen LogP) is 2.30. The highest BCUT2D eigenvalue weighted by molar-refractivity contribution is 5.98. The van der Waals surface area contributed by atoms with E-state index in [9.17, 15) is 9.59 Å². The lowest BCUT2D eigenvalue weighted by molar-refractivity contribution is -0.122. The Balaban J connectivity index is 1.75. The zero-order valence-electron chi connectivity index (χ0n) is 13.9. The Morgan fingerprint density at radius 1 is 1.26 bits per heavy atom. The van der Waals surface area contributed by atoms with Gasteiger partial charge in [0.1, 0.15) is 5.75 Å². The van der Waals surface area contributed by atoms with Crippen molar-refractivity contribution in [2.24, 2.45) is 0 Å². The van der Waals surface area contributed by atoms with Gasteiger partial charge >= 0.3 is 0 Å². The number of benzene rings is 1. The van der Waals surface area contributed by atoms with Gasteiger partial charge in [0.05, 0.1) is 6.61 Å². The van der Waals surface area contributed by atoms with Gasteiger partial charge in [-0.3, -0.25) is 9.59 Å². The fourth-order valence-corrected chi connectivity index (χ4v) is 2.84. The monoisotopic (exact) mass is 318 g/mol. The number of Topliss-reactive ketones (excluding diaryl/α,β-unsaturated/α-hetero) is 1. The maximum absolute atomic E-state index is 12.1. The van der Waals surface area contributed by atoms with Crippen molar-refractivity contribution in [3.05, 3.63) is 29.8 Å². The third-order valence-corrected chi connectivity index (χ3v) is 4.06. The molecule has 2 rings (SSSR count). The summed E-state index contributed by atoms with van der Waals surface area (Å²) in [4.78, 5) is 24.1. The molecule has 1 aliphatic heterocycles. The largest absolute Gasteiger partial charge is 0.494 e. The topological polar surface area (TPSA) is 67.4 Å². The first-order valence-electron chi connectivity index (χ1n) is 8.37. The molecule has 126 valence electrons. The van der Waals surface area contributed by atoms with Crippen LogP contribution in [0.15, 0.2) is 24.3 Å². The number of carbonyl (C=O) groups is 2. The molecule has 0 aliphatic carbocycles. The summed E-state index contributed by atoms with van der Waals surface area (Å²) in [6.45, 7) is 5.56. The molecule has 2 atom stereocenters. The Hall–Kier alpha value is -1.88. The van der Waals surface area contributed by atoms with E-state index in [2.05, 4.69) is 17.6 Å². The third kappa shape index (κ3) is 5.67. The van der Waals surface area contributed by atoms with Crippen molar-refractivity contribution in [1.29, 1.82) is 0 Å². The minimum absolute atomic E-state index is 0.0122. The third-order valence-electron chi connectivity index (χ3n) is 4.06. The second-order valence-electron chi connectivity index (χ2n) is 6.02. The smallest absolute Gasteiger partial charge is 0.220 e. The highest BCUT2D eigenvalue weighted by Gasteiger charge is 2.20. The van der Waals surface area contributed by atoms with Crippen molar-refractivity contribution in [1.82, 2.24) is 10.6 Å². The van der Waals surface area contributed by atoms with Gasteiger partial charge in [0.25, 0.3) is 0 Å². The normalized spacial score (nSPS) is 20.8. The number of piperidine rings is 1. The van der Waals surface area contributed by atoms with Crippen LogP contribution in [0.4, 0.5) is 0 Å². The van der Waals surface area contributed by atoms with Crippen molar-refractivity contribution < 1.29 is 14.3 Å². The van der Waals surface area contributed by atoms with Crippen LogP contribution in [0.3, 0.4) is 0 Å². The molecule has 1 fully saturated rings. The SMILES string of the molecule is CCOc1ccc(C(=O)CCC(=O)NC2CCNC(C)C2)cc1. The zero-order chi connectivity index (χ0) is 16.7. The van der Waals surface area contributed by atoms with Crippen LogP contribution in [0.25, 0.3) is 0 Å². The fourth-order valence-electron chi connectivity index (χ4n) is 2.84. The number of rotatable bonds is 7. The van der Waals surface area contributed by atoms with Crippen molar-refractivity contribution in [2.75, 3.05) is 13.2 Å². The van der Waals surface area contributed by atoms with Gasteiger partial charge in [-0.05, 0) is 57.5 Å². The van der Waals surface area contributed by atoms with Crippen molar-refractivity contribution >= 4 is 11.7 Å². The van der Waals surface area contributed by atoms with E-state index in [0.29, 0.717) is 18.2 Å². The number of ketones is 1. The van der Waals surface area contributed by atoms with Crippen LogP contribution in [0.1, 0.15) is 49.9 Å². The Labute approximate surface area is 137 Å². The van der Waals surface area contributed by atoms with Crippen LogP contribution in [-0.2, 0) is 4.79 Å². The van der Waals surface area contributed by atoms with Crippen molar-refractivity contribution in [3.8, 4) is 5.75 Å². The summed E-state index contributed by atoms with van der Waals surface area (Å²) in [6, 6.07) is 7.72. The summed E-state index contributed by atoms with van der Waals surface area (Å²) in [6.07, 6.45) is 2.37. The van der Waals surface area contributed by atoms with Crippen molar-refractivity contribution in [3.63, 3.8) is 0 Å². The molecule has 0 saturated carbocycles. The van der Waals surface area contributed by atoms with Gasteiger partial charge in [-0.15, -0.1) is 0 Å². The highest BCUT2D eigenvalue weighted by atomic mass is 16.5. The fraction of sp³-hybridized carbons (Fsp3) is 0.556. The van der Waals surface area contributed by atoms with E-state index in [4.69, 9.17) is 4.74 Å². The van der Waals surface area contributed by atoms with Gasteiger partial charge in [-0.1, -0.05) is 0 Å². The summed E-state index contributed by atoms with van der Waals surface area (Å²) in [5.41, 5.74) is 0.622. The molecule has 1 aliphatic rings. The van der Waals surface area contributed by atoms with E-state index in [0.717, 1.165) is 25.1 Å². The summed E-state index contributed by atoms with van der Waals surface area (Å²) in [5, 5.41) is 6.39. The Kier molecular flexibility index (Phi) is 6.59. The molecule has 2 unspecified atom stereocenters. The first-order valence-corrected chi connectivity index (χ1v) is 8.37. The molecule has 0 bridgehead atoms. The quantitative estimate of drug-likeness (QED) is 0.757. The second-order valence-corrected chi connectivity index (χ2v) is 6.02. The minimum atomic E-state index is -0.0385. The summed E-state index contributed by atoms with van der Waals surface area (Å²) in [7, 11) is 0. The molecular weight excluding hydrogens is 292 g/mol. The Morgan fingerprint density at radius 3 is 2.65 bits per heavy atom. The molecule has 1 aromatic rings. The van der Waals surface area contributed by atoms with E-state index in [1.165, 1.54) is 0 Å². The first kappa shape index (κ1) is 17.5. The zero-order valence-corrected chi connectivity index (χ0v) is 13.9. The van der Waals surface area contributed by atoms with Gasteiger partial charge in [0, 0.05) is 30.5 Å². The molecule has 1 amide bonds. The van der Waals surface area contributed by atoms with Gasteiger partial charge in [-0.2, -0.15) is 0 Å². The van der Waals surface area contributed by atoms with Gasteiger partial charge < -0.3 is 15.4 Å². The van der Waals surface area contributed by atoms with E-state index >= 15 is 0 Å². The van der Waals surface area contributed by atoms with Crippen LogP contribution in [0, 0.1) is 0 Å². The molecule has 0 radical (unpaired) electrons. The van der Waals surface area contributed by atoms with E-state index in [-0.39, 0.29) is 30.6 Å². The number of amides is 1. The summed E-state index contributed by atoms with van der Waals surface area (Å²) >= 11 is 0. The number of carbonyl (C=O) groups excluding carboxylic acids is 2. The standard InChI is InChI=1S/C18H26N2O3/c1-3-23-16-6-4-14(5-7-16)17(21)8-9-18(22)20-15-10-11-19-13(2)12-15/h4-7,13,15,19H,3,8-12H2,1-2H3,(H,20,22). The molecule has 1 heterocycles. The molecule has 23 heavy (non-hydrogen) atoms. The van der Waals surface area contributed by atoms with Crippen LogP contribution < -0.4 is 15.4 Å². The summed E-state index contributed by atoms with van der Waals surface area (Å²) in [5.74, 6) is 0.701. The lowest BCUT2D eigenvalue weighted by Crippen LogP contribution is -2.46. The first-order chi connectivity index (χ1) is 11.1. The van der Waals surface area contributed by atoms with E-state index in [1.807, 2.05) is 6.92 Å². The van der Waals surface area contributed by atoms with Gasteiger partial charge in [0.2, 0.25) is 5.91 Å². The lowest BCUT2D eigenvalue weighted by Gasteiger charge is -2.28. The van der Waals surface area contributed by atoms with Gasteiger partial charge in [-0.25, -0.2) is 0 Å². The number of nitrogens with one attached hydrogen (secondary N) is 2. The highest BCUT2D eigenvalue weighted by Crippen LogP contribution is 2.14. The van der Waals surface area contributed by atoms with Crippen LogP contribution in [0.2, 0.25) is 0 Å². The van der Waals surface area contributed by atoms with Crippen LogP contribution >= 0.6 is 0 Å². The summed E-state index contributed by atoms with van der Waals surface area (Å²) < 4.78 is 5.35. The van der Waals surface area contributed by atoms with E-state index < -0.39 is 0 Å². The Morgan fingerprint density at radius 2 is 2.00 bits per heavy atom. The molecule has 5 nitrogen and oxygen atoms in total. The van der Waals surface area contributed by atoms with Gasteiger partial charge in [0.15, 0.2) is 5.78 Å². The lowest BCUT2D eigenvalue weighted by atomic mass is 10.00. The average molecular weight is 318 g/mol. The predicted molar refractivity (Wildman–Crippen MR) is 89.8 cm³/mol. The molecular formula is C18H26N2O3. The maximum atomic E-state index is 12.1. The number of ether oxygens (including phenoxy) is 1. The second kappa shape index (κ2) is 8.67. The van der Waals surface area contributed by atoms with E-state index in [1.54, 1.807) is 24.3 Å². The minimum Gasteiger partial charge on any atom is -0.494 e. The molecule has 0 spiro atoms. The molecule has 1 saturated heterocycles. The average Bonchev–Trinajstić information content (AvgIpc) is 2.54. The Bertz CT molecular complexity index is 528. The van der Waals surface area contributed by atoms with Crippen LogP contribution in [0.5, 0.6) is 5.75 Å². The molecule has 0 aromatic heterocycles. The van der Waals surface area contributed by atoms with Crippen molar-refractivity contribution in [2.45, 2.75) is 51.6 Å². The number of hydrogen-bond acceptors (Lipinski definition) is 4. The molecule has 2 N–H and O–H groups in total. The molecule has 1 aromatic carbocycles. The maximum Gasteiger partial charge on any atom is 0.220 e. The van der Waals surface area contributed by atoms with Crippen LogP contribution in [-0.4, -0.2) is 36.9 Å². The molecule has 5 heteroatoms.